The lowest BCUT2D eigenvalue weighted by atomic mass is 10.0. The molecule has 0 spiro atoms. The molecule has 4 fully saturated rings. The van der Waals surface area contributed by atoms with Crippen molar-refractivity contribution in [1.82, 2.24) is 9.80 Å². The molecule has 0 aromatic carbocycles. The first-order chi connectivity index (χ1) is 19.6. The average Bonchev–Trinajstić information content (AvgIpc) is 3.76. The van der Waals surface area contributed by atoms with E-state index in [0.717, 1.165) is 19.3 Å². The van der Waals surface area contributed by atoms with Crippen LogP contribution in [0.3, 0.4) is 0 Å². The topological polar surface area (TPSA) is 90.7 Å². The van der Waals surface area contributed by atoms with Gasteiger partial charge < -0.3 is 28.7 Å². The molecule has 4 saturated heterocycles. The molecule has 0 radical (unpaired) electrons. The molecule has 0 bridgehead atoms. The van der Waals surface area contributed by atoms with Crippen LogP contribution < -0.4 is 0 Å². The number of epoxide rings is 4. The molecule has 0 N–H and O–H groups in total. The molecule has 40 heavy (non-hydrogen) atoms. The minimum Gasteiger partial charge on any atom is -0.371 e. The highest BCUT2D eigenvalue weighted by molar-refractivity contribution is 6.18. The Bertz CT molecular complexity index is 714. The Morgan fingerprint density at radius 3 is 1.15 bits per heavy atom. The van der Waals surface area contributed by atoms with E-state index < -0.39 is 0 Å². The maximum Gasteiger partial charge on any atom is 0.259 e. The van der Waals surface area contributed by atoms with Crippen LogP contribution in [0, 0.1) is 0 Å². The molecule has 4 unspecified atom stereocenters. The van der Waals surface area contributed by atoms with Crippen molar-refractivity contribution in [3.63, 3.8) is 0 Å². The third-order valence-electron chi connectivity index (χ3n) is 8.25. The van der Waals surface area contributed by atoms with Gasteiger partial charge in [-0.3, -0.25) is 9.59 Å². The summed E-state index contributed by atoms with van der Waals surface area (Å²) in [4.78, 5) is 31.0. The molecule has 4 aliphatic heterocycles. The summed E-state index contributed by atoms with van der Waals surface area (Å²) < 4.78 is 21.6. The summed E-state index contributed by atoms with van der Waals surface area (Å²) in [6.45, 7) is 7.02. The lowest BCUT2D eigenvalue weighted by Gasteiger charge is -2.26. The zero-order valence-electron chi connectivity index (χ0n) is 25.0. The van der Waals surface area contributed by atoms with E-state index in [9.17, 15) is 9.59 Å². The number of hydrogen-bond donors (Lipinski definition) is 0. The van der Waals surface area contributed by atoms with Crippen molar-refractivity contribution < 1.29 is 28.5 Å². The fourth-order valence-electron chi connectivity index (χ4n) is 5.35. The largest absolute Gasteiger partial charge is 0.371 e. The zero-order valence-corrected chi connectivity index (χ0v) is 25.0. The average molecular weight is 563 g/mol. The van der Waals surface area contributed by atoms with Gasteiger partial charge in [-0.05, 0) is 12.8 Å². The van der Waals surface area contributed by atoms with E-state index >= 15 is 0 Å². The Balaban J connectivity index is 1.19. The van der Waals surface area contributed by atoms with Gasteiger partial charge >= 0.3 is 0 Å². The fourth-order valence-corrected chi connectivity index (χ4v) is 5.35. The second kappa shape index (κ2) is 17.5. The van der Waals surface area contributed by atoms with Crippen LogP contribution in [0.2, 0.25) is 0 Å². The summed E-state index contributed by atoms with van der Waals surface area (Å²) in [6, 6.07) is 0. The quantitative estimate of drug-likeness (QED) is 0.0509. The summed E-state index contributed by atoms with van der Waals surface area (Å²) in [5.74, 6) is -0.389. The van der Waals surface area contributed by atoms with Crippen LogP contribution in [0.4, 0.5) is 0 Å². The van der Waals surface area contributed by atoms with Crippen LogP contribution in [-0.2, 0) is 28.5 Å². The highest BCUT2D eigenvalue weighted by Crippen LogP contribution is 2.22. The molecule has 4 aliphatic rings. The second-order valence-electron chi connectivity index (χ2n) is 12.2. The van der Waals surface area contributed by atoms with Gasteiger partial charge in [0.2, 0.25) is 0 Å². The SMILES string of the molecule is CCCCCCCCCCCCCCCCC=C(C(=O)N(CC1CO1)CC1CO1)C(=O)N(CC1CO1)CC1CO1. The molecular weight excluding hydrogens is 508 g/mol. The first-order valence-electron chi connectivity index (χ1n) is 16.4. The smallest absolute Gasteiger partial charge is 0.259 e. The van der Waals surface area contributed by atoms with E-state index in [-0.39, 0.29) is 41.8 Å². The molecule has 4 heterocycles. The first kappa shape index (κ1) is 31.5. The fraction of sp³-hybridized carbons (Fsp3) is 0.875. The Morgan fingerprint density at radius 2 is 0.850 bits per heavy atom. The molecule has 228 valence electrons. The number of amides is 2. The second-order valence-corrected chi connectivity index (χ2v) is 12.2. The lowest BCUT2D eigenvalue weighted by molar-refractivity contribution is -0.134. The number of unbranched alkanes of at least 4 members (excludes halogenated alkanes) is 14. The highest BCUT2D eigenvalue weighted by Gasteiger charge is 2.39. The summed E-state index contributed by atoms with van der Waals surface area (Å²) in [6.07, 6.45) is 21.3. The Hall–Kier alpha value is -1.48. The van der Waals surface area contributed by atoms with Crippen molar-refractivity contribution in [2.75, 3.05) is 52.6 Å². The van der Waals surface area contributed by atoms with Gasteiger partial charge in [0.1, 0.15) is 5.57 Å². The number of nitrogens with zero attached hydrogens (tertiary/aromatic N) is 2. The van der Waals surface area contributed by atoms with Crippen LogP contribution in [0.1, 0.15) is 103 Å². The van der Waals surface area contributed by atoms with Gasteiger partial charge in [-0.1, -0.05) is 96.5 Å². The third-order valence-corrected chi connectivity index (χ3v) is 8.25. The summed E-state index contributed by atoms with van der Waals surface area (Å²) in [5.41, 5.74) is 0.289. The predicted molar refractivity (Wildman–Crippen MR) is 155 cm³/mol. The third kappa shape index (κ3) is 13.0. The monoisotopic (exact) mass is 562 g/mol. The molecule has 0 aliphatic carbocycles. The lowest BCUT2D eigenvalue weighted by Crippen LogP contribution is -2.45. The molecular formula is C32H54N2O6. The van der Waals surface area contributed by atoms with Crippen molar-refractivity contribution in [2.24, 2.45) is 0 Å². The molecule has 0 saturated carbocycles. The number of ether oxygens (including phenoxy) is 4. The molecule has 0 aromatic heterocycles. The van der Waals surface area contributed by atoms with Crippen LogP contribution in [0.15, 0.2) is 11.6 Å². The van der Waals surface area contributed by atoms with E-state index in [1.54, 1.807) is 9.80 Å². The number of carbonyl (C=O) groups excluding carboxylic acids is 2. The van der Waals surface area contributed by atoms with E-state index in [4.69, 9.17) is 18.9 Å². The molecule has 8 nitrogen and oxygen atoms in total. The van der Waals surface area contributed by atoms with Gasteiger partial charge in [0, 0.05) is 26.2 Å². The Labute approximate surface area is 242 Å². The maximum atomic E-state index is 13.7. The van der Waals surface area contributed by atoms with Crippen LogP contribution in [0.25, 0.3) is 0 Å². The van der Waals surface area contributed by atoms with Gasteiger partial charge in [-0.15, -0.1) is 0 Å². The number of carbonyl (C=O) groups is 2. The Morgan fingerprint density at radius 1 is 0.550 bits per heavy atom. The molecule has 4 rings (SSSR count). The zero-order chi connectivity index (χ0) is 28.0. The highest BCUT2D eigenvalue weighted by atomic mass is 16.6. The minimum atomic E-state index is -0.195. The van der Waals surface area contributed by atoms with Crippen LogP contribution >= 0.6 is 0 Å². The van der Waals surface area contributed by atoms with Gasteiger partial charge in [-0.25, -0.2) is 0 Å². The number of hydrogen-bond acceptors (Lipinski definition) is 6. The molecule has 4 atom stereocenters. The maximum absolute atomic E-state index is 13.7. The van der Waals surface area contributed by atoms with Gasteiger partial charge in [0.25, 0.3) is 11.8 Å². The molecule has 0 aromatic rings. The summed E-state index contributed by atoms with van der Waals surface area (Å²) in [5, 5.41) is 0. The molecule has 8 heteroatoms. The van der Waals surface area contributed by atoms with Gasteiger partial charge in [0.15, 0.2) is 0 Å². The van der Waals surface area contributed by atoms with Crippen LogP contribution in [-0.4, -0.2) is 98.6 Å². The van der Waals surface area contributed by atoms with E-state index in [1.165, 1.54) is 77.0 Å². The summed E-state index contributed by atoms with van der Waals surface area (Å²) in [7, 11) is 0. The first-order valence-corrected chi connectivity index (χ1v) is 16.4. The number of allylic oxidation sites excluding steroid dienone is 1. The minimum absolute atomic E-state index is 0.0701. The van der Waals surface area contributed by atoms with E-state index in [1.807, 2.05) is 6.08 Å². The van der Waals surface area contributed by atoms with Crippen molar-refractivity contribution in [2.45, 2.75) is 128 Å². The number of rotatable bonds is 25. The van der Waals surface area contributed by atoms with Crippen molar-refractivity contribution in [3.8, 4) is 0 Å². The van der Waals surface area contributed by atoms with Gasteiger partial charge in [-0.2, -0.15) is 0 Å². The standard InChI is InChI=1S/C32H54N2O6/c1-2-3-4-5-6-7-8-9-10-11-12-13-14-15-16-17-30(31(35)33(18-26-22-37-26)19-27-23-38-27)32(36)34(20-28-24-39-28)21-29-25-40-29/h17,26-29H,2-16,18-25H2,1H3. The normalized spacial score (nSPS) is 23.9. The Kier molecular flexibility index (Phi) is 13.7. The van der Waals surface area contributed by atoms with Crippen molar-refractivity contribution >= 4 is 11.8 Å². The van der Waals surface area contributed by atoms with Crippen LogP contribution in [0.5, 0.6) is 0 Å². The summed E-state index contributed by atoms with van der Waals surface area (Å²) >= 11 is 0. The predicted octanol–water partition coefficient (Wildman–Crippen LogP) is 5.04. The van der Waals surface area contributed by atoms with Gasteiger partial charge in [0.05, 0.1) is 50.8 Å². The van der Waals surface area contributed by atoms with Crippen molar-refractivity contribution in [3.05, 3.63) is 11.6 Å². The van der Waals surface area contributed by atoms with Crippen molar-refractivity contribution in [1.29, 1.82) is 0 Å². The molecule has 2 amide bonds. The van der Waals surface area contributed by atoms with E-state index in [2.05, 4.69) is 6.92 Å². The van der Waals surface area contributed by atoms with E-state index in [0.29, 0.717) is 52.6 Å².